The Kier molecular flexibility index (Phi) is 5.57. The minimum Gasteiger partial charge on any atom is -0.342 e. The minimum absolute atomic E-state index is 0.0657. The van der Waals surface area contributed by atoms with E-state index in [1.165, 1.54) is 24.0 Å². The summed E-state index contributed by atoms with van der Waals surface area (Å²) < 4.78 is 0. The third-order valence-corrected chi connectivity index (χ3v) is 8.22. The molecular formula is C25H35N3O2. The number of aryl methyl sites for hydroxylation is 1. The topological polar surface area (TPSA) is 52.7 Å². The molecule has 3 heterocycles. The molecule has 3 aliphatic heterocycles. The predicted molar refractivity (Wildman–Crippen MR) is 117 cm³/mol. The van der Waals surface area contributed by atoms with Crippen molar-refractivity contribution in [3.63, 3.8) is 0 Å². The highest BCUT2D eigenvalue weighted by Gasteiger charge is 2.48. The van der Waals surface area contributed by atoms with Crippen molar-refractivity contribution in [2.45, 2.75) is 51.5 Å². The lowest BCUT2D eigenvalue weighted by atomic mass is 9.87. The number of fused-ring (bicyclic) bond motifs is 1. The van der Waals surface area contributed by atoms with Crippen LogP contribution in [-0.2, 0) is 9.59 Å². The number of carbonyl (C=O) groups excluding carboxylic acids is 2. The second-order valence-electron chi connectivity index (χ2n) is 9.96. The van der Waals surface area contributed by atoms with Gasteiger partial charge in [-0.2, -0.15) is 0 Å². The summed E-state index contributed by atoms with van der Waals surface area (Å²) in [6.07, 6.45) is 6.14. The zero-order valence-corrected chi connectivity index (χ0v) is 18.2. The van der Waals surface area contributed by atoms with E-state index < -0.39 is 0 Å². The Labute approximate surface area is 180 Å². The van der Waals surface area contributed by atoms with Gasteiger partial charge in [0.25, 0.3) is 0 Å². The molecule has 0 unspecified atom stereocenters. The lowest BCUT2D eigenvalue weighted by molar-refractivity contribution is -0.143. The largest absolute Gasteiger partial charge is 0.342 e. The van der Waals surface area contributed by atoms with Crippen molar-refractivity contribution >= 4 is 11.8 Å². The van der Waals surface area contributed by atoms with Crippen molar-refractivity contribution in [3.8, 4) is 0 Å². The predicted octanol–water partition coefficient (Wildman–Crippen LogP) is 3.14. The Balaban J connectivity index is 1.28. The van der Waals surface area contributed by atoms with Crippen LogP contribution in [0.3, 0.4) is 0 Å². The molecular weight excluding hydrogens is 374 g/mol. The van der Waals surface area contributed by atoms with Crippen LogP contribution in [-0.4, -0.2) is 54.3 Å². The van der Waals surface area contributed by atoms with Gasteiger partial charge in [-0.15, -0.1) is 0 Å². The van der Waals surface area contributed by atoms with Crippen LogP contribution in [0.2, 0.25) is 0 Å². The van der Waals surface area contributed by atoms with Gasteiger partial charge < -0.3 is 15.1 Å². The molecule has 1 aliphatic carbocycles. The first-order valence-corrected chi connectivity index (χ1v) is 12.0. The summed E-state index contributed by atoms with van der Waals surface area (Å²) in [5.74, 6) is 2.05. The van der Waals surface area contributed by atoms with Gasteiger partial charge in [0.1, 0.15) is 0 Å². The van der Waals surface area contributed by atoms with Gasteiger partial charge in [-0.05, 0) is 49.7 Å². The van der Waals surface area contributed by atoms with Gasteiger partial charge in [0, 0.05) is 50.5 Å². The fraction of sp³-hybridized carbons (Fsp3) is 0.680. The van der Waals surface area contributed by atoms with E-state index in [1.54, 1.807) is 0 Å². The second-order valence-corrected chi connectivity index (χ2v) is 9.96. The molecule has 0 aromatic heterocycles. The molecule has 4 aliphatic rings. The molecule has 30 heavy (non-hydrogen) atoms. The molecule has 5 rings (SSSR count). The summed E-state index contributed by atoms with van der Waals surface area (Å²) in [5.41, 5.74) is 2.60. The van der Waals surface area contributed by atoms with Crippen LogP contribution in [0.15, 0.2) is 24.3 Å². The lowest BCUT2D eigenvalue weighted by Gasteiger charge is -2.37. The average molecular weight is 410 g/mol. The number of nitrogens with one attached hydrogen (secondary N) is 1. The number of hydrogen-bond acceptors (Lipinski definition) is 3. The van der Waals surface area contributed by atoms with Crippen molar-refractivity contribution in [3.05, 3.63) is 35.4 Å². The molecule has 1 aromatic carbocycles. The molecule has 0 radical (unpaired) electrons. The first kappa shape index (κ1) is 20.0. The Morgan fingerprint density at radius 2 is 1.63 bits per heavy atom. The zero-order chi connectivity index (χ0) is 20.7. The molecule has 0 spiro atoms. The van der Waals surface area contributed by atoms with Gasteiger partial charge in [-0.3, -0.25) is 9.59 Å². The molecule has 2 amide bonds. The van der Waals surface area contributed by atoms with E-state index in [-0.39, 0.29) is 17.9 Å². The number of hydrogen-bond donors (Lipinski definition) is 1. The SMILES string of the molecule is Cc1ccccc1[C@@H]1[C@H]2CNC[C@H]2CN1C(=O)C1CCN(C(=O)C2CCCC2)CC1. The summed E-state index contributed by atoms with van der Waals surface area (Å²) in [6, 6.07) is 8.76. The summed E-state index contributed by atoms with van der Waals surface area (Å²) in [5, 5.41) is 3.55. The highest BCUT2D eigenvalue weighted by Crippen LogP contribution is 2.44. The number of piperidine rings is 1. The molecule has 0 bridgehead atoms. The maximum Gasteiger partial charge on any atom is 0.226 e. The Morgan fingerprint density at radius 1 is 0.933 bits per heavy atom. The van der Waals surface area contributed by atoms with Crippen LogP contribution in [0.5, 0.6) is 0 Å². The molecule has 3 atom stereocenters. The van der Waals surface area contributed by atoms with E-state index in [4.69, 9.17) is 0 Å². The van der Waals surface area contributed by atoms with Crippen molar-refractivity contribution in [2.75, 3.05) is 32.7 Å². The molecule has 1 aromatic rings. The van der Waals surface area contributed by atoms with Crippen LogP contribution in [0.4, 0.5) is 0 Å². The molecule has 3 saturated heterocycles. The van der Waals surface area contributed by atoms with E-state index in [2.05, 4.69) is 41.4 Å². The van der Waals surface area contributed by atoms with Gasteiger partial charge >= 0.3 is 0 Å². The summed E-state index contributed by atoms with van der Waals surface area (Å²) in [7, 11) is 0. The fourth-order valence-corrected chi connectivity index (χ4v) is 6.48. The zero-order valence-electron chi connectivity index (χ0n) is 18.2. The minimum atomic E-state index is 0.0657. The summed E-state index contributed by atoms with van der Waals surface area (Å²) in [4.78, 5) is 30.7. The lowest BCUT2D eigenvalue weighted by Crippen LogP contribution is -2.46. The summed E-state index contributed by atoms with van der Waals surface area (Å²) >= 11 is 0. The number of nitrogens with zero attached hydrogens (tertiary/aromatic N) is 2. The monoisotopic (exact) mass is 409 g/mol. The second kappa shape index (κ2) is 8.33. The van der Waals surface area contributed by atoms with Crippen LogP contribution < -0.4 is 5.32 Å². The first-order valence-electron chi connectivity index (χ1n) is 12.0. The van der Waals surface area contributed by atoms with Crippen molar-refractivity contribution in [2.24, 2.45) is 23.7 Å². The van der Waals surface area contributed by atoms with Gasteiger partial charge in [0.05, 0.1) is 6.04 Å². The highest BCUT2D eigenvalue weighted by molar-refractivity contribution is 5.82. The Bertz CT molecular complexity index is 795. The van der Waals surface area contributed by atoms with Crippen molar-refractivity contribution in [1.29, 1.82) is 0 Å². The molecule has 4 fully saturated rings. The highest BCUT2D eigenvalue weighted by atomic mass is 16.2. The van der Waals surface area contributed by atoms with Gasteiger partial charge in [0.15, 0.2) is 0 Å². The molecule has 1 saturated carbocycles. The number of likely N-dealkylation sites (tertiary alicyclic amines) is 2. The number of amides is 2. The van der Waals surface area contributed by atoms with Gasteiger partial charge in [0.2, 0.25) is 11.8 Å². The maximum atomic E-state index is 13.7. The molecule has 5 nitrogen and oxygen atoms in total. The van der Waals surface area contributed by atoms with Gasteiger partial charge in [-0.1, -0.05) is 37.1 Å². The van der Waals surface area contributed by atoms with Crippen LogP contribution in [0, 0.1) is 30.6 Å². The maximum absolute atomic E-state index is 13.7. The number of benzene rings is 1. The number of rotatable bonds is 3. The van der Waals surface area contributed by atoms with E-state index in [0.29, 0.717) is 23.7 Å². The van der Waals surface area contributed by atoms with E-state index in [0.717, 1.165) is 58.4 Å². The average Bonchev–Trinajstić information content (AvgIpc) is 3.51. The number of carbonyl (C=O) groups is 2. The molecule has 1 N–H and O–H groups in total. The Hall–Kier alpha value is -1.88. The van der Waals surface area contributed by atoms with E-state index in [1.807, 2.05) is 4.90 Å². The first-order chi connectivity index (χ1) is 14.6. The van der Waals surface area contributed by atoms with Crippen LogP contribution in [0.1, 0.15) is 55.7 Å². The van der Waals surface area contributed by atoms with Gasteiger partial charge in [-0.25, -0.2) is 0 Å². The third-order valence-electron chi connectivity index (χ3n) is 8.22. The standard InChI is InChI=1S/C25H35N3O2/c1-17-6-2-5-9-21(17)23-22-15-26-14-20(22)16-28(23)25(30)19-10-12-27(13-11-19)24(29)18-7-3-4-8-18/h2,5-6,9,18-20,22-23,26H,3-4,7-8,10-16H2,1H3/t20-,22-,23+/m0/s1. The third kappa shape index (κ3) is 3.55. The Morgan fingerprint density at radius 3 is 2.37 bits per heavy atom. The van der Waals surface area contributed by atoms with Crippen molar-refractivity contribution in [1.82, 2.24) is 15.1 Å². The van der Waals surface area contributed by atoms with Crippen molar-refractivity contribution < 1.29 is 9.59 Å². The smallest absolute Gasteiger partial charge is 0.226 e. The van der Waals surface area contributed by atoms with E-state index >= 15 is 0 Å². The van der Waals surface area contributed by atoms with Crippen LogP contribution in [0.25, 0.3) is 0 Å². The summed E-state index contributed by atoms with van der Waals surface area (Å²) in [6.45, 7) is 6.57. The van der Waals surface area contributed by atoms with E-state index in [9.17, 15) is 9.59 Å². The quantitative estimate of drug-likeness (QED) is 0.834. The normalized spacial score (nSPS) is 30.1. The molecule has 162 valence electrons. The fourth-order valence-electron chi connectivity index (χ4n) is 6.48. The molecule has 5 heteroatoms. The van der Waals surface area contributed by atoms with Crippen LogP contribution >= 0.6 is 0 Å².